The van der Waals surface area contributed by atoms with Crippen molar-refractivity contribution < 1.29 is 4.39 Å². The highest BCUT2D eigenvalue weighted by Crippen LogP contribution is 2.20. The van der Waals surface area contributed by atoms with E-state index in [0.29, 0.717) is 12.1 Å². The SMILES string of the molecule is CCN(Cc1ccc(Br)cc1F)c1ccccc1. The predicted molar refractivity (Wildman–Crippen MR) is 77.3 cm³/mol. The van der Waals surface area contributed by atoms with E-state index in [1.807, 2.05) is 42.5 Å². The van der Waals surface area contributed by atoms with Crippen LogP contribution in [0.5, 0.6) is 0 Å². The molecule has 0 N–H and O–H groups in total. The normalized spacial score (nSPS) is 10.4. The molecule has 0 radical (unpaired) electrons. The molecule has 0 aliphatic rings. The molecular formula is C15H15BrFN. The molecule has 0 aliphatic heterocycles. The lowest BCUT2D eigenvalue weighted by atomic mass is 10.2. The van der Waals surface area contributed by atoms with Gasteiger partial charge in [-0.2, -0.15) is 0 Å². The Morgan fingerprint density at radius 3 is 2.44 bits per heavy atom. The Balaban J connectivity index is 2.21. The molecule has 0 aromatic heterocycles. The van der Waals surface area contributed by atoms with Crippen LogP contribution in [-0.2, 0) is 6.54 Å². The smallest absolute Gasteiger partial charge is 0.129 e. The first-order valence-electron chi connectivity index (χ1n) is 5.94. The molecule has 0 aliphatic carbocycles. The number of hydrogen-bond donors (Lipinski definition) is 0. The number of hydrogen-bond acceptors (Lipinski definition) is 1. The lowest BCUT2D eigenvalue weighted by molar-refractivity contribution is 0.604. The molecule has 0 saturated heterocycles. The third kappa shape index (κ3) is 3.10. The zero-order valence-corrected chi connectivity index (χ0v) is 11.8. The molecule has 0 fully saturated rings. The number of anilines is 1. The molecule has 1 nitrogen and oxygen atoms in total. The van der Waals surface area contributed by atoms with Crippen LogP contribution in [-0.4, -0.2) is 6.54 Å². The minimum Gasteiger partial charge on any atom is -0.367 e. The largest absolute Gasteiger partial charge is 0.367 e. The standard InChI is InChI=1S/C15H15BrFN/c1-2-18(14-6-4-3-5-7-14)11-12-8-9-13(16)10-15(12)17/h3-10H,2,11H2,1H3. The number of halogens is 2. The molecule has 0 amide bonds. The van der Waals surface area contributed by atoms with Gasteiger partial charge in [-0.3, -0.25) is 0 Å². The van der Waals surface area contributed by atoms with Crippen molar-refractivity contribution >= 4 is 21.6 Å². The van der Waals surface area contributed by atoms with E-state index in [4.69, 9.17) is 0 Å². The first-order valence-corrected chi connectivity index (χ1v) is 6.74. The van der Waals surface area contributed by atoms with Crippen LogP contribution in [0.2, 0.25) is 0 Å². The van der Waals surface area contributed by atoms with Gasteiger partial charge in [0, 0.05) is 28.8 Å². The first kappa shape index (κ1) is 13.1. The summed E-state index contributed by atoms with van der Waals surface area (Å²) in [6, 6.07) is 15.3. The maximum atomic E-state index is 13.8. The van der Waals surface area contributed by atoms with E-state index in [-0.39, 0.29) is 5.82 Å². The van der Waals surface area contributed by atoms with Gasteiger partial charge in [0.25, 0.3) is 0 Å². The Morgan fingerprint density at radius 1 is 1.11 bits per heavy atom. The van der Waals surface area contributed by atoms with Gasteiger partial charge in [0.05, 0.1) is 0 Å². The zero-order valence-electron chi connectivity index (χ0n) is 10.2. The Bertz CT molecular complexity index is 513. The van der Waals surface area contributed by atoms with E-state index in [0.717, 1.165) is 16.7 Å². The minimum atomic E-state index is -0.168. The Morgan fingerprint density at radius 2 is 1.83 bits per heavy atom. The maximum Gasteiger partial charge on any atom is 0.129 e. The van der Waals surface area contributed by atoms with Crippen LogP contribution in [0.1, 0.15) is 12.5 Å². The Hall–Kier alpha value is -1.35. The summed E-state index contributed by atoms with van der Waals surface area (Å²) in [4.78, 5) is 2.15. The van der Waals surface area contributed by atoms with Gasteiger partial charge in [0.1, 0.15) is 5.82 Å². The molecule has 94 valence electrons. The summed E-state index contributed by atoms with van der Waals surface area (Å²) in [6.07, 6.45) is 0. The van der Waals surface area contributed by atoms with Crippen molar-refractivity contribution in [3.8, 4) is 0 Å². The minimum absolute atomic E-state index is 0.168. The van der Waals surface area contributed by atoms with Gasteiger partial charge >= 0.3 is 0 Å². The lowest BCUT2D eigenvalue weighted by Gasteiger charge is -2.23. The van der Waals surface area contributed by atoms with Gasteiger partial charge in [-0.1, -0.05) is 40.2 Å². The van der Waals surface area contributed by atoms with Crippen molar-refractivity contribution in [2.75, 3.05) is 11.4 Å². The monoisotopic (exact) mass is 307 g/mol. The van der Waals surface area contributed by atoms with Gasteiger partial charge in [-0.15, -0.1) is 0 Å². The lowest BCUT2D eigenvalue weighted by Crippen LogP contribution is -2.22. The van der Waals surface area contributed by atoms with Gasteiger partial charge in [-0.25, -0.2) is 4.39 Å². The van der Waals surface area contributed by atoms with E-state index in [2.05, 4.69) is 27.8 Å². The van der Waals surface area contributed by atoms with Crippen molar-refractivity contribution in [2.45, 2.75) is 13.5 Å². The number of para-hydroxylation sites is 1. The van der Waals surface area contributed by atoms with E-state index < -0.39 is 0 Å². The van der Waals surface area contributed by atoms with Crippen molar-refractivity contribution in [2.24, 2.45) is 0 Å². The highest BCUT2D eigenvalue weighted by atomic mass is 79.9. The topological polar surface area (TPSA) is 3.24 Å². The van der Waals surface area contributed by atoms with Gasteiger partial charge in [-0.05, 0) is 31.2 Å². The molecule has 0 heterocycles. The fraction of sp³-hybridized carbons (Fsp3) is 0.200. The quantitative estimate of drug-likeness (QED) is 0.797. The van der Waals surface area contributed by atoms with Crippen molar-refractivity contribution in [3.63, 3.8) is 0 Å². The average molecular weight is 308 g/mol. The van der Waals surface area contributed by atoms with Crippen LogP contribution in [0.4, 0.5) is 10.1 Å². The third-order valence-corrected chi connectivity index (χ3v) is 3.37. The molecular weight excluding hydrogens is 293 g/mol. The first-order chi connectivity index (χ1) is 8.70. The highest BCUT2D eigenvalue weighted by molar-refractivity contribution is 9.10. The Labute approximate surface area is 115 Å². The van der Waals surface area contributed by atoms with E-state index in [1.165, 1.54) is 6.07 Å². The maximum absolute atomic E-state index is 13.8. The summed E-state index contributed by atoms with van der Waals surface area (Å²) in [7, 11) is 0. The summed E-state index contributed by atoms with van der Waals surface area (Å²) in [6.45, 7) is 3.50. The fourth-order valence-electron chi connectivity index (χ4n) is 1.88. The fourth-order valence-corrected chi connectivity index (χ4v) is 2.21. The molecule has 0 spiro atoms. The van der Waals surface area contributed by atoms with Crippen LogP contribution in [0.15, 0.2) is 53.0 Å². The summed E-state index contributed by atoms with van der Waals surface area (Å²) in [5.41, 5.74) is 1.83. The Kier molecular flexibility index (Phi) is 4.37. The van der Waals surface area contributed by atoms with Crippen molar-refractivity contribution in [1.82, 2.24) is 0 Å². The molecule has 18 heavy (non-hydrogen) atoms. The van der Waals surface area contributed by atoms with E-state index in [9.17, 15) is 4.39 Å². The summed E-state index contributed by atoms with van der Waals surface area (Å²) >= 11 is 3.27. The number of nitrogens with zero attached hydrogens (tertiary/aromatic N) is 1. The summed E-state index contributed by atoms with van der Waals surface area (Å²) in [5, 5.41) is 0. The van der Waals surface area contributed by atoms with Crippen molar-refractivity contribution in [1.29, 1.82) is 0 Å². The van der Waals surface area contributed by atoms with Gasteiger partial charge in [0.15, 0.2) is 0 Å². The molecule has 2 aromatic carbocycles. The van der Waals surface area contributed by atoms with Crippen LogP contribution in [0, 0.1) is 5.82 Å². The second-order valence-electron chi connectivity index (χ2n) is 4.09. The molecule has 2 rings (SSSR count). The molecule has 0 atom stereocenters. The zero-order chi connectivity index (χ0) is 13.0. The van der Waals surface area contributed by atoms with Gasteiger partial charge in [0.2, 0.25) is 0 Å². The van der Waals surface area contributed by atoms with E-state index in [1.54, 1.807) is 0 Å². The molecule has 0 saturated carbocycles. The van der Waals surface area contributed by atoms with Crippen LogP contribution < -0.4 is 4.90 Å². The summed E-state index contributed by atoms with van der Waals surface area (Å²) < 4.78 is 14.6. The summed E-state index contributed by atoms with van der Waals surface area (Å²) in [5.74, 6) is -0.168. The van der Waals surface area contributed by atoms with Gasteiger partial charge < -0.3 is 4.90 Å². The van der Waals surface area contributed by atoms with Crippen LogP contribution in [0.3, 0.4) is 0 Å². The number of rotatable bonds is 4. The molecule has 0 bridgehead atoms. The highest BCUT2D eigenvalue weighted by Gasteiger charge is 2.08. The predicted octanol–water partition coefficient (Wildman–Crippen LogP) is 4.61. The van der Waals surface area contributed by atoms with Crippen molar-refractivity contribution in [3.05, 3.63) is 64.4 Å². The number of benzene rings is 2. The average Bonchev–Trinajstić information content (AvgIpc) is 2.39. The molecule has 3 heteroatoms. The molecule has 2 aromatic rings. The van der Waals surface area contributed by atoms with E-state index >= 15 is 0 Å². The second kappa shape index (κ2) is 6.01. The van der Waals surface area contributed by atoms with Crippen LogP contribution in [0.25, 0.3) is 0 Å². The third-order valence-electron chi connectivity index (χ3n) is 2.88. The molecule has 0 unspecified atom stereocenters. The second-order valence-corrected chi connectivity index (χ2v) is 5.00. The van der Waals surface area contributed by atoms with Crippen LogP contribution >= 0.6 is 15.9 Å².